The Bertz CT molecular complexity index is 906. The lowest BCUT2D eigenvalue weighted by atomic mass is 9.85. The Kier molecular flexibility index (Phi) is 3.36. The number of hydrogen-bond acceptors (Lipinski definition) is 5. The van der Waals surface area contributed by atoms with Crippen LogP contribution in [0.2, 0.25) is 0 Å². The fraction of sp³-hybridized carbons (Fsp3) is 0.222. The molecular weight excluding hydrogens is 296 g/mol. The Labute approximate surface area is 133 Å². The van der Waals surface area contributed by atoms with Gasteiger partial charge in [0.15, 0.2) is 11.5 Å². The lowest BCUT2D eigenvalue weighted by Gasteiger charge is -2.21. The zero-order chi connectivity index (χ0) is 16.9. The molecule has 0 fully saturated rings. The number of carbonyl (C=O) groups is 2. The van der Waals surface area contributed by atoms with Gasteiger partial charge in [0.05, 0.1) is 25.2 Å². The summed E-state index contributed by atoms with van der Waals surface area (Å²) in [5.74, 6) is -0.585. The van der Waals surface area contributed by atoms with Crippen molar-refractivity contribution in [2.45, 2.75) is 13.8 Å². The van der Waals surface area contributed by atoms with Crippen molar-refractivity contribution in [3.63, 3.8) is 0 Å². The number of rotatable bonds is 2. The summed E-state index contributed by atoms with van der Waals surface area (Å²) >= 11 is 0. The maximum absolute atomic E-state index is 12.6. The fourth-order valence-electron chi connectivity index (χ4n) is 3.03. The minimum atomic E-state index is -0.418. The average molecular weight is 312 g/mol. The number of phenols is 1. The van der Waals surface area contributed by atoms with Crippen LogP contribution in [0.1, 0.15) is 33.2 Å². The lowest BCUT2D eigenvalue weighted by molar-refractivity contribution is 0.0904. The molecule has 0 spiro atoms. The Hall–Kier alpha value is -2.82. The number of Topliss-reactive ketones (excluding diaryl/α,β-unsaturated/α-hetero) is 2. The molecule has 0 atom stereocenters. The summed E-state index contributed by atoms with van der Waals surface area (Å²) in [5, 5.41) is 11.7. The van der Waals surface area contributed by atoms with Gasteiger partial charge in [0.2, 0.25) is 5.78 Å². The molecule has 0 saturated carbocycles. The van der Waals surface area contributed by atoms with Crippen LogP contribution in [0, 0.1) is 6.92 Å². The standard InChI is InChI=1S/C18H16O5/c1-8-5-10-7-11-14(17(21)13(10)12(6-8)22-3)15(19)9(2)18(23-4)16(11)20/h5-7,21H,1-4H3. The van der Waals surface area contributed by atoms with E-state index in [1.807, 2.05) is 13.0 Å². The third kappa shape index (κ3) is 2.00. The van der Waals surface area contributed by atoms with Crippen molar-refractivity contribution < 1.29 is 24.2 Å². The first kappa shape index (κ1) is 15.1. The molecule has 23 heavy (non-hydrogen) atoms. The van der Waals surface area contributed by atoms with Gasteiger partial charge >= 0.3 is 0 Å². The van der Waals surface area contributed by atoms with Gasteiger partial charge in [0.1, 0.15) is 11.5 Å². The van der Waals surface area contributed by atoms with Crippen LogP contribution >= 0.6 is 0 Å². The molecule has 0 saturated heterocycles. The van der Waals surface area contributed by atoms with E-state index >= 15 is 0 Å². The van der Waals surface area contributed by atoms with Crippen LogP contribution in [0.25, 0.3) is 10.8 Å². The molecule has 0 heterocycles. The number of fused-ring (bicyclic) bond motifs is 2. The predicted octanol–water partition coefficient (Wildman–Crippen LogP) is 3.16. The minimum Gasteiger partial charge on any atom is -0.506 e. The molecule has 0 amide bonds. The van der Waals surface area contributed by atoms with Crippen molar-refractivity contribution in [3.8, 4) is 11.5 Å². The highest BCUT2D eigenvalue weighted by Crippen LogP contribution is 2.42. The molecule has 0 unspecified atom stereocenters. The van der Waals surface area contributed by atoms with Crippen molar-refractivity contribution in [3.05, 3.63) is 46.2 Å². The summed E-state index contributed by atoms with van der Waals surface area (Å²) in [6, 6.07) is 5.20. The van der Waals surface area contributed by atoms with Crippen LogP contribution in [-0.2, 0) is 4.74 Å². The van der Waals surface area contributed by atoms with Crippen LogP contribution in [0.4, 0.5) is 0 Å². The quantitative estimate of drug-likeness (QED) is 0.922. The third-order valence-electron chi connectivity index (χ3n) is 4.10. The first-order chi connectivity index (χ1) is 10.9. The molecule has 1 N–H and O–H groups in total. The van der Waals surface area contributed by atoms with E-state index in [1.54, 1.807) is 12.1 Å². The Balaban J connectivity index is 2.45. The monoisotopic (exact) mass is 312 g/mol. The average Bonchev–Trinajstić information content (AvgIpc) is 2.52. The highest BCUT2D eigenvalue weighted by atomic mass is 16.5. The first-order valence-corrected chi connectivity index (χ1v) is 7.09. The summed E-state index contributed by atoms with van der Waals surface area (Å²) < 4.78 is 10.4. The maximum atomic E-state index is 12.6. The highest BCUT2D eigenvalue weighted by molar-refractivity contribution is 6.29. The summed E-state index contributed by atoms with van der Waals surface area (Å²) in [6.45, 7) is 3.40. The molecule has 1 aliphatic carbocycles. The number of hydrogen-bond donors (Lipinski definition) is 1. The number of ketones is 2. The summed E-state index contributed by atoms with van der Waals surface area (Å²) in [7, 11) is 2.84. The van der Waals surface area contributed by atoms with E-state index in [2.05, 4.69) is 0 Å². The van der Waals surface area contributed by atoms with E-state index in [0.717, 1.165) is 5.56 Å². The third-order valence-corrected chi connectivity index (χ3v) is 4.10. The number of aryl methyl sites for hydroxylation is 1. The van der Waals surface area contributed by atoms with Crippen molar-refractivity contribution in [1.82, 2.24) is 0 Å². The van der Waals surface area contributed by atoms with Gasteiger partial charge in [0.25, 0.3) is 0 Å². The molecule has 0 bridgehead atoms. The second-order valence-electron chi connectivity index (χ2n) is 5.53. The van der Waals surface area contributed by atoms with Crippen molar-refractivity contribution in [1.29, 1.82) is 0 Å². The second kappa shape index (κ2) is 5.12. The molecule has 2 aromatic rings. The van der Waals surface area contributed by atoms with Crippen molar-refractivity contribution >= 4 is 22.3 Å². The molecule has 0 aromatic heterocycles. The minimum absolute atomic E-state index is 0.00273. The molecule has 0 radical (unpaired) electrons. The van der Waals surface area contributed by atoms with Crippen molar-refractivity contribution in [2.24, 2.45) is 0 Å². The first-order valence-electron chi connectivity index (χ1n) is 7.09. The van der Waals surface area contributed by atoms with Crippen LogP contribution < -0.4 is 4.74 Å². The molecule has 1 aliphatic rings. The molecule has 0 aliphatic heterocycles. The zero-order valence-electron chi connectivity index (χ0n) is 13.3. The van der Waals surface area contributed by atoms with Gasteiger partial charge in [-0.25, -0.2) is 0 Å². The molecular formula is C18H16O5. The molecule has 3 rings (SSSR count). The topological polar surface area (TPSA) is 72.8 Å². The Morgan fingerprint density at radius 2 is 1.65 bits per heavy atom. The van der Waals surface area contributed by atoms with Gasteiger partial charge in [-0.2, -0.15) is 0 Å². The normalized spacial score (nSPS) is 14.3. The van der Waals surface area contributed by atoms with Gasteiger partial charge in [-0.05, 0) is 36.9 Å². The van der Waals surface area contributed by atoms with Gasteiger partial charge < -0.3 is 14.6 Å². The summed E-state index contributed by atoms with van der Waals surface area (Å²) in [5.41, 5.74) is 1.26. The van der Waals surface area contributed by atoms with E-state index in [4.69, 9.17) is 9.47 Å². The van der Waals surface area contributed by atoms with E-state index in [-0.39, 0.29) is 28.2 Å². The predicted molar refractivity (Wildman–Crippen MR) is 85.3 cm³/mol. The fourth-order valence-corrected chi connectivity index (χ4v) is 3.03. The molecule has 5 heteroatoms. The van der Waals surface area contributed by atoms with Gasteiger partial charge in [-0.3, -0.25) is 9.59 Å². The van der Waals surface area contributed by atoms with Crippen LogP contribution in [0.3, 0.4) is 0 Å². The number of allylic oxidation sites excluding steroid dienone is 2. The zero-order valence-corrected chi connectivity index (χ0v) is 13.3. The largest absolute Gasteiger partial charge is 0.506 e. The maximum Gasteiger partial charge on any atom is 0.228 e. The lowest BCUT2D eigenvalue weighted by Crippen LogP contribution is -2.22. The molecule has 2 aromatic carbocycles. The summed E-state index contributed by atoms with van der Waals surface area (Å²) in [4.78, 5) is 25.1. The number of ether oxygens (including phenoxy) is 2. The van der Waals surface area contributed by atoms with Crippen LogP contribution in [0.15, 0.2) is 29.5 Å². The Morgan fingerprint density at radius 3 is 2.26 bits per heavy atom. The second-order valence-corrected chi connectivity index (χ2v) is 5.53. The Morgan fingerprint density at radius 1 is 0.957 bits per heavy atom. The molecule has 118 valence electrons. The number of benzene rings is 2. The number of methoxy groups -OCH3 is 2. The van der Waals surface area contributed by atoms with E-state index in [0.29, 0.717) is 16.5 Å². The van der Waals surface area contributed by atoms with Crippen LogP contribution in [0.5, 0.6) is 11.5 Å². The number of phenolic OH excluding ortho intramolecular Hbond substituents is 1. The highest BCUT2D eigenvalue weighted by Gasteiger charge is 2.34. The van der Waals surface area contributed by atoms with Crippen molar-refractivity contribution in [2.75, 3.05) is 14.2 Å². The number of carbonyl (C=O) groups excluding carboxylic acids is 2. The van der Waals surface area contributed by atoms with Crippen LogP contribution in [-0.4, -0.2) is 30.9 Å². The van der Waals surface area contributed by atoms with Gasteiger partial charge in [-0.1, -0.05) is 6.07 Å². The SMILES string of the molecule is COC1=C(C)C(=O)c2c(cc3cc(C)cc(OC)c3c2O)C1=O. The van der Waals surface area contributed by atoms with E-state index in [1.165, 1.54) is 21.1 Å². The van der Waals surface area contributed by atoms with Gasteiger partial charge in [0, 0.05) is 11.1 Å². The van der Waals surface area contributed by atoms with E-state index in [9.17, 15) is 14.7 Å². The summed E-state index contributed by atoms with van der Waals surface area (Å²) in [6.07, 6.45) is 0. The molecule has 5 nitrogen and oxygen atoms in total. The smallest absolute Gasteiger partial charge is 0.228 e. The van der Waals surface area contributed by atoms with Gasteiger partial charge in [-0.15, -0.1) is 0 Å². The van der Waals surface area contributed by atoms with E-state index < -0.39 is 11.6 Å². The number of aromatic hydroxyl groups is 1.